The van der Waals surface area contributed by atoms with Crippen molar-refractivity contribution in [1.82, 2.24) is 10.2 Å². The van der Waals surface area contributed by atoms with Crippen LogP contribution in [0.3, 0.4) is 0 Å². The molecule has 1 fully saturated rings. The molecule has 1 atom stereocenters. The van der Waals surface area contributed by atoms with Crippen molar-refractivity contribution in [2.45, 2.75) is 25.7 Å². The first-order valence-corrected chi connectivity index (χ1v) is 9.77. The normalized spacial score (nSPS) is 18.1. The van der Waals surface area contributed by atoms with Gasteiger partial charge in [-0.1, -0.05) is 12.1 Å². The SMILES string of the molecule is O=C(Nc1cccc(-c2nnco2)c1)C1CC(=O)N(c2ccc3c(c2)CCC3)C1. The molecule has 1 aromatic heterocycles. The lowest BCUT2D eigenvalue weighted by Gasteiger charge is -2.18. The van der Waals surface area contributed by atoms with Gasteiger partial charge >= 0.3 is 0 Å². The summed E-state index contributed by atoms with van der Waals surface area (Å²) in [5.41, 5.74) is 4.94. The van der Waals surface area contributed by atoms with E-state index < -0.39 is 0 Å². The number of aromatic nitrogens is 2. The van der Waals surface area contributed by atoms with E-state index in [0.717, 1.165) is 24.1 Å². The summed E-state index contributed by atoms with van der Waals surface area (Å²) in [5, 5.41) is 10.5. The minimum atomic E-state index is -0.386. The molecule has 0 spiro atoms. The Balaban J connectivity index is 1.29. The lowest BCUT2D eigenvalue weighted by molar-refractivity contribution is -0.122. The highest BCUT2D eigenvalue weighted by molar-refractivity contribution is 6.03. The van der Waals surface area contributed by atoms with E-state index in [9.17, 15) is 9.59 Å². The van der Waals surface area contributed by atoms with Crippen LogP contribution in [-0.4, -0.2) is 28.6 Å². The molecular formula is C22H20N4O3. The molecule has 7 heteroatoms. The third kappa shape index (κ3) is 3.40. The summed E-state index contributed by atoms with van der Waals surface area (Å²) in [5.74, 6) is -0.171. The van der Waals surface area contributed by atoms with E-state index in [-0.39, 0.29) is 24.2 Å². The average molecular weight is 388 g/mol. The van der Waals surface area contributed by atoms with Gasteiger partial charge in [0, 0.05) is 29.9 Å². The van der Waals surface area contributed by atoms with E-state index in [0.29, 0.717) is 18.1 Å². The average Bonchev–Trinajstić information content (AvgIpc) is 3.48. The fraction of sp³-hybridized carbons (Fsp3) is 0.273. The van der Waals surface area contributed by atoms with Crippen LogP contribution in [0.15, 0.2) is 53.3 Å². The van der Waals surface area contributed by atoms with Crippen LogP contribution in [0.4, 0.5) is 11.4 Å². The molecular weight excluding hydrogens is 368 g/mol. The van der Waals surface area contributed by atoms with Gasteiger partial charge in [0.05, 0.1) is 5.92 Å². The number of rotatable bonds is 4. The second-order valence-electron chi connectivity index (χ2n) is 7.53. The van der Waals surface area contributed by atoms with E-state index >= 15 is 0 Å². The number of fused-ring (bicyclic) bond motifs is 1. The second-order valence-corrected chi connectivity index (χ2v) is 7.53. The largest absolute Gasteiger partial charge is 0.423 e. The second kappa shape index (κ2) is 7.16. The third-order valence-electron chi connectivity index (χ3n) is 5.63. The first-order valence-electron chi connectivity index (χ1n) is 9.77. The van der Waals surface area contributed by atoms with Crippen molar-refractivity contribution in [1.29, 1.82) is 0 Å². The first kappa shape index (κ1) is 17.6. The molecule has 2 amide bonds. The van der Waals surface area contributed by atoms with Crippen molar-refractivity contribution in [2.24, 2.45) is 5.92 Å². The van der Waals surface area contributed by atoms with Crippen molar-refractivity contribution >= 4 is 23.2 Å². The maximum atomic E-state index is 12.8. The molecule has 3 aromatic rings. The van der Waals surface area contributed by atoms with E-state index in [1.54, 1.807) is 17.0 Å². The van der Waals surface area contributed by atoms with Gasteiger partial charge in [-0.05, 0) is 60.7 Å². The Morgan fingerprint density at radius 2 is 2.03 bits per heavy atom. The molecule has 7 nitrogen and oxygen atoms in total. The number of nitrogens with one attached hydrogen (secondary N) is 1. The van der Waals surface area contributed by atoms with Gasteiger partial charge in [0.2, 0.25) is 24.1 Å². The number of anilines is 2. The minimum Gasteiger partial charge on any atom is -0.423 e. The molecule has 0 radical (unpaired) electrons. The number of hydrogen-bond donors (Lipinski definition) is 1. The van der Waals surface area contributed by atoms with Crippen LogP contribution < -0.4 is 10.2 Å². The molecule has 146 valence electrons. The molecule has 1 aliphatic carbocycles. The van der Waals surface area contributed by atoms with E-state index in [1.807, 2.05) is 18.2 Å². The number of carbonyl (C=O) groups is 2. The minimum absolute atomic E-state index is 0.0114. The van der Waals surface area contributed by atoms with Gasteiger partial charge in [-0.15, -0.1) is 10.2 Å². The molecule has 1 N–H and O–H groups in total. The molecule has 0 bridgehead atoms. The van der Waals surface area contributed by atoms with Crippen molar-refractivity contribution in [3.8, 4) is 11.5 Å². The lowest BCUT2D eigenvalue weighted by atomic mass is 10.1. The molecule has 0 saturated carbocycles. The highest BCUT2D eigenvalue weighted by atomic mass is 16.4. The zero-order valence-electron chi connectivity index (χ0n) is 15.8. The molecule has 2 aliphatic rings. The van der Waals surface area contributed by atoms with Gasteiger partial charge in [0.15, 0.2) is 0 Å². The Hall–Kier alpha value is -3.48. The predicted molar refractivity (Wildman–Crippen MR) is 107 cm³/mol. The number of nitrogens with zero attached hydrogens (tertiary/aromatic N) is 3. The van der Waals surface area contributed by atoms with Crippen LogP contribution in [0, 0.1) is 5.92 Å². The number of amides is 2. The zero-order valence-corrected chi connectivity index (χ0v) is 15.8. The van der Waals surface area contributed by atoms with E-state index in [2.05, 4.69) is 27.6 Å². The molecule has 29 heavy (non-hydrogen) atoms. The lowest BCUT2D eigenvalue weighted by Crippen LogP contribution is -2.28. The van der Waals surface area contributed by atoms with Gasteiger partial charge in [-0.2, -0.15) is 0 Å². The standard InChI is InChI=1S/C22H20N4O3/c27-20-11-17(12-26(20)19-8-7-14-3-1-4-15(14)10-19)21(28)24-18-6-2-5-16(9-18)22-25-23-13-29-22/h2,5-10,13,17H,1,3-4,11-12H2,(H,24,28). The molecule has 2 heterocycles. The smallest absolute Gasteiger partial charge is 0.247 e. The maximum Gasteiger partial charge on any atom is 0.247 e. The Bertz CT molecular complexity index is 1080. The number of hydrogen-bond acceptors (Lipinski definition) is 5. The summed E-state index contributed by atoms with van der Waals surface area (Å²) in [6.07, 6.45) is 4.81. The first-order chi connectivity index (χ1) is 14.2. The van der Waals surface area contributed by atoms with Crippen LogP contribution in [0.2, 0.25) is 0 Å². The topological polar surface area (TPSA) is 88.3 Å². The number of carbonyl (C=O) groups excluding carboxylic acids is 2. The van der Waals surface area contributed by atoms with Crippen LogP contribution >= 0.6 is 0 Å². The fourth-order valence-corrected chi connectivity index (χ4v) is 4.13. The molecule has 2 aromatic carbocycles. The van der Waals surface area contributed by atoms with Crippen molar-refractivity contribution < 1.29 is 14.0 Å². The van der Waals surface area contributed by atoms with Gasteiger partial charge < -0.3 is 14.6 Å². The highest BCUT2D eigenvalue weighted by Gasteiger charge is 2.35. The van der Waals surface area contributed by atoms with Crippen LogP contribution in [0.25, 0.3) is 11.5 Å². The summed E-state index contributed by atoms with van der Waals surface area (Å²) >= 11 is 0. The number of benzene rings is 2. The van der Waals surface area contributed by atoms with E-state index in [1.165, 1.54) is 23.9 Å². The van der Waals surface area contributed by atoms with Gasteiger partial charge in [0.25, 0.3) is 0 Å². The monoisotopic (exact) mass is 388 g/mol. The molecule has 1 unspecified atom stereocenters. The van der Waals surface area contributed by atoms with Gasteiger partial charge in [-0.25, -0.2) is 0 Å². The summed E-state index contributed by atoms with van der Waals surface area (Å²) in [6.45, 7) is 0.396. The summed E-state index contributed by atoms with van der Waals surface area (Å²) in [6, 6.07) is 13.4. The van der Waals surface area contributed by atoms with Gasteiger partial charge in [0.1, 0.15) is 0 Å². The van der Waals surface area contributed by atoms with E-state index in [4.69, 9.17) is 4.42 Å². The van der Waals surface area contributed by atoms with Crippen LogP contribution in [0.1, 0.15) is 24.0 Å². The summed E-state index contributed by atoms with van der Waals surface area (Å²) < 4.78 is 5.20. The number of aryl methyl sites for hydroxylation is 2. The van der Waals surface area contributed by atoms with Crippen molar-refractivity contribution in [3.05, 3.63) is 60.0 Å². The Morgan fingerprint density at radius 1 is 1.14 bits per heavy atom. The van der Waals surface area contributed by atoms with Crippen LogP contribution in [-0.2, 0) is 22.4 Å². The zero-order chi connectivity index (χ0) is 19.8. The predicted octanol–water partition coefficient (Wildman–Crippen LogP) is 3.22. The highest BCUT2D eigenvalue weighted by Crippen LogP contribution is 2.31. The molecule has 1 saturated heterocycles. The molecule has 5 rings (SSSR count). The van der Waals surface area contributed by atoms with Crippen molar-refractivity contribution in [2.75, 3.05) is 16.8 Å². The van der Waals surface area contributed by atoms with Crippen molar-refractivity contribution in [3.63, 3.8) is 0 Å². The molecule has 1 aliphatic heterocycles. The van der Waals surface area contributed by atoms with Crippen LogP contribution in [0.5, 0.6) is 0 Å². The Labute approximate surface area is 167 Å². The third-order valence-corrected chi connectivity index (χ3v) is 5.63. The Kier molecular flexibility index (Phi) is 4.35. The quantitative estimate of drug-likeness (QED) is 0.741. The summed E-state index contributed by atoms with van der Waals surface area (Å²) in [4.78, 5) is 27.1. The maximum absolute atomic E-state index is 12.8. The fourth-order valence-electron chi connectivity index (χ4n) is 4.13. The summed E-state index contributed by atoms with van der Waals surface area (Å²) in [7, 11) is 0. The Morgan fingerprint density at radius 3 is 2.90 bits per heavy atom. The van der Waals surface area contributed by atoms with Gasteiger partial charge in [-0.3, -0.25) is 9.59 Å².